The predicted octanol–water partition coefficient (Wildman–Crippen LogP) is 3.50. The van der Waals surface area contributed by atoms with Gasteiger partial charge in [0.25, 0.3) is 11.8 Å². The molecule has 0 radical (unpaired) electrons. The first-order valence-corrected chi connectivity index (χ1v) is 21.1. The second kappa shape index (κ2) is 21.1. The average molecular weight is 851 g/mol. The lowest BCUT2D eigenvalue weighted by Crippen LogP contribution is -2.57. The SMILES string of the molecule is CC(C)C(N)C(=O)OC1Cc2ccccc2[C@@H]1NC(=O)[C@H](OCc1ccccc1)C(O)C(O)[C@@H](OCc1ccccc1)C(=O)N[C@H]1c2ccccc2CC1OC(=O)C(N)C(C)C. The normalized spacial score (nSPS) is 20.9. The van der Waals surface area contributed by atoms with Crippen molar-refractivity contribution in [2.24, 2.45) is 23.3 Å². The number of hydrogen-bond donors (Lipinski definition) is 6. The third kappa shape index (κ3) is 11.1. The first-order chi connectivity index (χ1) is 29.7. The molecule has 0 spiro atoms. The molecule has 2 amide bonds. The van der Waals surface area contributed by atoms with Gasteiger partial charge in [0.1, 0.15) is 36.5 Å². The summed E-state index contributed by atoms with van der Waals surface area (Å²) < 4.78 is 24.0. The molecule has 0 saturated heterocycles. The third-order valence-corrected chi connectivity index (χ3v) is 11.5. The Morgan fingerprint density at radius 1 is 0.565 bits per heavy atom. The molecule has 0 fully saturated rings. The molecule has 10 atom stereocenters. The van der Waals surface area contributed by atoms with Crippen molar-refractivity contribution in [2.75, 3.05) is 0 Å². The van der Waals surface area contributed by atoms with Crippen molar-refractivity contribution < 1.29 is 48.3 Å². The maximum absolute atomic E-state index is 14.5. The highest BCUT2D eigenvalue weighted by Gasteiger charge is 2.46. The van der Waals surface area contributed by atoms with E-state index in [9.17, 15) is 29.4 Å². The van der Waals surface area contributed by atoms with E-state index in [-0.39, 0.29) is 37.9 Å². The lowest BCUT2D eigenvalue weighted by molar-refractivity contribution is -0.172. The van der Waals surface area contributed by atoms with Crippen molar-refractivity contribution in [1.82, 2.24) is 10.6 Å². The predicted molar refractivity (Wildman–Crippen MR) is 229 cm³/mol. The Hall–Kier alpha value is -5.48. The standard InChI is InChI=1S/C48H58N4O10/c1-27(2)37(49)47(57)61-35-23-31-19-11-13-21-33(31)39(35)51-45(55)43(59-25-29-15-7-5-8-16-29)41(53)42(54)44(60-26-30-17-9-6-10-18-30)46(56)52-40-34-22-14-12-20-32(34)24-36(40)62-48(58)38(50)28(3)4/h5-22,27-28,35-44,53-54H,23-26,49-50H2,1-4H3,(H,51,55)(H,52,56)/t35?,36?,37?,38?,39-,40-,41?,42?,43+,44+/m0/s1. The van der Waals surface area contributed by atoms with Crippen LogP contribution < -0.4 is 22.1 Å². The Morgan fingerprint density at radius 3 is 1.26 bits per heavy atom. The van der Waals surface area contributed by atoms with Gasteiger partial charge in [-0.2, -0.15) is 0 Å². The van der Waals surface area contributed by atoms with Crippen LogP contribution in [0.1, 0.15) is 73.2 Å². The van der Waals surface area contributed by atoms with Crippen LogP contribution in [0.3, 0.4) is 0 Å². The number of rotatable bonds is 19. The summed E-state index contributed by atoms with van der Waals surface area (Å²) in [6, 6.07) is 29.0. The van der Waals surface area contributed by atoms with Gasteiger partial charge in [0.15, 0.2) is 12.2 Å². The van der Waals surface area contributed by atoms with Crippen molar-refractivity contribution in [3.8, 4) is 0 Å². The molecule has 14 nitrogen and oxygen atoms in total. The number of benzene rings is 4. The Kier molecular flexibility index (Phi) is 15.6. The molecule has 6 unspecified atom stereocenters. The van der Waals surface area contributed by atoms with Gasteiger partial charge in [-0.05, 0) is 45.2 Å². The van der Waals surface area contributed by atoms with E-state index in [1.165, 1.54) is 0 Å². The van der Waals surface area contributed by atoms with Gasteiger partial charge >= 0.3 is 11.9 Å². The summed E-state index contributed by atoms with van der Waals surface area (Å²) in [5, 5.41) is 30.0. The average Bonchev–Trinajstić information content (AvgIpc) is 3.79. The molecule has 4 aromatic carbocycles. The van der Waals surface area contributed by atoms with Gasteiger partial charge in [-0.3, -0.25) is 19.2 Å². The number of carbonyl (C=O) groups is 4. The topological polar surface area (TPSA) is 222 Å². The van der Waals surface area contributed by atoms with Crippen LogP contribution in [0.2, 0.25) is 0 Å². The van der Waals surface area contributed by atoms with Crippen molar-refractivity contribution in [2.45, 2.75) is 115 Å². The first-order valence-electron chi connectivity index (χ1n) is 21.1. The quantitative estimate of drug-likeness (QED) is 0.0747. The van der Waals surface area contributed by atoms with Crippen LogP contribution in [0.25, 0.3) is 0 Å². The smallest absolute Gasteiger partial charge is 0.323 e. The maximum Gasteiger partial charge on any atom is 0.323 e. The number of aliphatic hydroxyl groups is 2. The summed E-state index contributed by atoms with van der Waals surface area (Å²) in [5.41, 5.74) is 16.7. The minimum absolute atomic E-state index is 0.155. The highest BCUT2D eigenvalue weighted by Crippen LogP contribution is 2.36. The largest absolute Gasteiger partial charge is 0.458 e. The van der Waals surface area contributed by atoms with Gasteiger partial charge in [-0.15, -0.1) is 0 Å². The number of amides is 2. The zero-order chi connectivity index (χ0) is 44.5. The molecule has 8 N–H and O–H groups in total. The van der Waals surface area contributed by atoms with Crippen molar-refractivity contribution in [3.63, 3.8) is 0 Å². The van der Waals surface area contributed by atoms with Crippen molar-refractivity contribution in [1.29, 1.82) is 0 Å². The lowest BCUT2D eigenvalue weighted by Gasteiger charge is -2.33. The highest BCUT2D eigenvalue weighted by atomic mass is 16.6. The first kappa shape index (κ1) is 46.0. The van der Waals surface area contributed by atoms with Crippen LogP contribution in [0.5, 0.6) is 0 Å². The van der Waals surface area contributed by atoms with E-state index in [4.69, 9.17) is 30.4 Å². The van der Waals surface area contributed by atoms with E-state index in [2.05, 4.69) is 10.6 Å². The number of nitrogens with one attached hydrogen (secondary N) is 2. The number of carbonyl (C=O) groups excluding carboxylic acids is 4. The second-order valence-corrected chi connectivity index (χ2v) is 16.7. The van der Waals surface area contributed by atoms with Gasteiger partial charge < -0.3 is 51.3 Å². The Bertz CT molecular complexity index is 1990. The molecule has 14 heteroatoms. The molecule has 2 aliphatic carbocycles. The summed E-state index contributed by atoms with van der Waals surface area (Å²) >= 11 is 0. The van der Waals surface area contributed by atoms with Crippen LogP contribution in [-0.4, -0.2) is 82.7 Å². The van der Waals surface area contributed by atoms with Crippen LogP contribution in [0.15, 0.2) is 109 Å². The summed E-state index contributed by atoms with van der Waals surface area (Å²) in [7, 11) is 0. The molecule has 330 valence electrons. The Morgan fingerprint density at radius 2 is 0.903 bits per heavy atom. The molecule has 0 heterocycles. The fourth-order valence-corrected chi connectivity index (χ4v) is 7.69. The molecular weight excluding hydrogens is 793 g/mol. The summed E-state index contributed by atoms with van der Waals surface area (Å²) in [5.74, 6) is -3.34. The number of hydrogen-bond acceptors (Lipinski definition) is 12. The van der Waals surface area contributed by atoms with E-state index >= 15 is 0 Å². The molecule has 4 aromatic rings. The molecular formula is C48H58N4O10. The molecule has 6 rings (SSSR count). The number of esters is 2. The molecule has 0 saturated carbocycles. The molecule has 0 bridgehead atoms. The number of fused-ring (bicyclic) bond motifs is 2. The number of aliphatic hydroxyl groups excluding tert-OH is 2. The van der Waals surface area contributed by atoms with Crippen LogP contribution in [0, 0.1) is 11.8 Å². The minimum Gasteiger partial charge on any atom is -0.458 e. The van der Waals surface area contributed by atoms with Gasteiger partial charge in [0, 0.05) is 12.8 Å². The Balaban J connectivity index is 1.29. The monoisotopic (exact) mass is 850 g/mol. The van der Waals surface area contributed by atoms with E-state index in [0.29, 0.717) is 22.3 Å². The Labute approximate surface area is 362 Å². The highest BCUT2D eigenvalue weighted by molar-refractivity contribution is 5.85. The van der Waals surface area contributed by atoms with E-state index < -0.39 is 84.5 Å². The second-order valence-electron chi connectivity index (χ2n) is 16.7. The molecule has 2 aliphatic rings. The number of nitrogens with two attached hydrogens (primary N) is 2. The van der Waals surface area contributed by atoms with Crippen molar-refractivity contribution >= 4 is 23.8 Å². The summed E-state index contributed by atoms with van der Waals surface area (Å²) in [6.45, 7) is 6.90. The van der Waals surface area contributed by atoms with E-state index in [1.54, 1.807) is 88.4 Å². The van der Waals surface area contributed by atoms with Crippen LogP contribution in [0.4, 0.5) is 0 Å². The molecule has 62 heavy (non-hydrogen) atoms. The third-order valence-electron chi connectivity index (χ3n) is 11.5. The molecule has 0 aliphatic heterocycles. The summed E-state index contributed by atoms with van der Waals surface area (Å²) in [6.07, 6.45) is -8.76. The van der Waals surface area contributed by atoms with Gasteiger partial charge in [-0.1, -0.05) is 137 Å². The zero-order valence-electron chi connectivity index (χ0n) is 35.5. The number of ether oxygens (including phenoxy) is 4. The van der Waals surface area contributed by atoms with Gasteiger partial charge in [-0.25, -0.2) is 0 Å². The van der Waals surface area contributed by atoms with E-state index in [0.717, 1.165) is 11.1 Å². The lowest BCUT2D eigenvalue weighted by atomic mass is 9.99. The molecule has 0 aromatic heterocycles. The van der Waals surface area contributed by atoms with E-state index in [1.807, 2.05) is 48.5 Å². The fraction of sp³-hybridized carbons (Fsp3) is 0.417. The summed E-state index contributed by atoms with van der Waals surface area (Å²) in [4.78, 5) is 55.2. The maximum atomic E-state index is 14.5. The minimum atomic E-state index is -2.05. The zero-order valence-corrected chi connectivity index (χ0v) is 35.5. The van der Waals surface area contributed by atoms with Crippen LogP contribution in [-0.2, 0) is 64.2 Å². The van der Waals surface area contributed by atoms with Gasteiger partial charge in [0.05, 0.1) is 25.3 Å². The van der Waals surface area contributed by atoms with Gasteiger partial charge in [0.2, 0.25) is 0 Å². The van der Waals surface area contributed by atoms with Crippen LogP contribution >= 0.6 is 0 Å². The van der Waals surface area contributed by atoms with Crippen molar-refractivity contribution in [3.05, 3.63) is 143 Å². The fourth-order valence-electron chi connectivity index (χ4n) is 7.69.